The largest absolute Gasteiger partial charge is 0.462 e. The molecule has 2 N–H and O–H groups in total. The fourth-order valence-electron chi connectivity index (χ4n) is 3.08. The molecule has 0 fully saturated rings. The van der Waals surface area contributed by atoms with Crippen molar-refractivity contribution in [3.05, 3.63) is 97.2 Å². The lowest BCUT2D eigenvalue weighted by molar-refractivity contribution is -0.162. The summed E-state index contributed by atoms with van der Waals surface area (Å²) in [6.07, 6.45) is 24.0. The third kappa shape index (κ3) is 19.6. The maximum atomic E-state index is 12.2. The molecule has 0 rings (SSSR count). The lowest BCUT2D eigenvalue weighted by atomic mass is 9.90. The van der Waals surface area contributed by atoms with Crippen LogP contribution in [0.15, 0.2) is 97.2 Å². The Morgan fingerprint density at radius 1 is 0.444 bits per heavy atom. The van der Waals surface area contributed by atoms with Crippen molar-refractivity contribution < 1.29 is 53.1 Å². The molecule has 11 heteroatoms. The Balaban J connectivity index is 5.96. The van der Waals surface area contributed by atoms with Crippen LogP contribution in [0.5, 0.6) is 0 Å². The van der Waals surface area contributed by atoms with Crippen LogP contribution in [0.1, 0.15) is 27.7 Å². The fourth-order valence-corrected chi connectivity index (χ4v) is 3.08. The van der Waals surface area contributed by atoms with Crippen molar-refractivity contribution in [1.82, 2.24) is 0 Å². The quantitative estimate of drug-likeness (QED) is 0.0779. The number of esters is 4. The van der Waals surface area contributed by atoms with Crippen LogP contribution in [0.4, 0.5) is 0 Å². The van der Waals surface area contributed by atoms with Gasteiger partial charge in [0.05, 0.1) is 37.3 Å². The number of ether oxygens (including phenoxy) is 5. The molecule has 0 unspecified atom stereocenters. The number of carbonyl (C=O) groups is 4. The van der Waals surface area contributed by atoms with E-state index in [9.17, 15) is 29.4 Å². The minimum Gasteiger partial charge on any atom is -0.462 e. The predicted octanol–water partition coefficient (Wildman–Crippen LogP) is 3.66. The van der Waals surface area contributed by atoms with Crippen LogP contribution in [0, 0.1) is 10.8 Å². The molecule has 0 saturated carbocycles. The van der Waals surface area contributed by atoms with Crippen molar-refractivity contribution in [2.24, 2.45) is 10.8 Å². The zero-order valence-electron chi connectivity index (χ0n) is 26.5. The van der Waals surface area contributed by atoms with E-state index in [0.29, 0.717) is 0 Å². The lowest BCUT2D eigenvalue weighted by Gasteiger charge is -2.34. The maximum absolute atomic E-state index is 12.2. The summed E-state index contributed by atoms with van der Waals surface area (Å²) in [6, 6.07) is 0. The van der Waals surface area contributed by atoms with Gasteiger partial charge in [-0.3, -0.25) is 0 Å². The highest BCUT2D eigenvalue weighted by atomic mass is 16.6. The van der Waals surface area contributed by atoms with Crippen LogP contribution in [0.3, 0.4) is 0 Å². The predicted molar refractivity (Wildman–Crippen MR) is 170 cm³/mol. The molecule has 0 atom stereocenters. The molecule has 0 aliphatic carbocycles. The molecule has 0 bridgehead atoms. The maximum Gasteiger partial charge on any atom is 0.330 e. The van der Waals surface area contributed by atoms with Gasteiger partial charge < -0.3 is 33.9 Å². The van der Waals surface area contributed by atoms with E-state index in [0.717, 1.165) is 0 Å². The SMILES string of the molecule is C/C=C/C=C/C(=O)OCC(CO)(COCC(CO)(COC(=O)/C=C/C=C/C)COC(=O)/C=C/C=C/C)COC(=O)/C=C/C=C/C. The van der Waals surface area contributed by atoms with Crippen LogP contribution in [-0.2, 0) is 42.9 Å². The Bertz CT molecular complexity index is 973. The smallest absolute Gasteiger partial charge is 0.330 e. The average molecular weight is 631 g/mol. The first-order valence-corrected chi connectivity index (χ1v) is 14.3. The number of allylic oxidation sites excluding steroid dienone is 12. The summed E-state index contributed by atoms with van der Waals surface area (Å²) in [6.45, 7) is 3.64. The summed E-state index contributed by atoms with van der Waals surface area (Å²) in [4.78, 5) is 48.9. The first-order valence-electron chi connectivity index (χ1n) is 14.3. The number of aliphatic hydroxyl groups excluding tert-OH is 2. The van der Waals surface area contributed by atoms with Gasteiger partial charge in [0.15, 0.2) is 0 Å². The van der Waals surface area contributed by atoms with Crippen LogP contribution >= 0.6 is 0 Å². The topological polar surface area (TPSA) is 155 Å². The van der Waals surface area contributed by atoms with E-state index in [1.165, 1.54) is 48.6 Å². The molecule has 248 valence electrons. The second-order valence-electron chi connectivity index (χ2n) is 9.78. The van der Waals surface area contributed by atoms with E-state index in [1.807, 2.05) is 0 Å². The molecule has 0 saturated heterocycles. The minimum atomic E-state index is -1.41. The van der Waals surface area contributed by atoms with Crippen molar-refractivity contribution in [2.45, 2.75) is 27.7 Å². The fraction of sp³-hybridized carbons (Fsp3) is 0.412. The van der Waals surface area contributed by atoms with Crippen LogP contribution in [-0.4, -0.2) is 86.9 Å². The number of aliphatic hydroxyl groups is 2. The molecule has 0 aromatic heterocycles. The van der Waals surface area contributed by atoms with Crippen LogP contribution in [0.2, 0.25) is 0 Å². The molecule has 0 aromatic rings. The number of carbonyl (C=O) groups excluding carboxylic acids is 4. The summed E-state index contributed by atoms with van der Waals surface area (Å²) in [5.74, 6) is -2.81. The third-order valence-corrected chi connectivity index (χ3v) is 5.71. The Morgan fingerprint density at radius 2 is 0.689 bits per heavy atom. The average Bonchev–Trinajstić information content (AvgIpc) is 3.04. The van der Waals surface area contributed by atoms with Crippen molar-refractivity contribution in [1.29, 1.82) is 0 Å². The van der Waals surface area contributed by atoms with Gasteiger partial charge >= 0.3 is 23.9 Å². The van der Waals surface area contributed by atoms with Gasteiger partial charge in [-0.25, -0.2) is 19.2 Å². The zero-order chi connectivity index (χ0) is 33.8. The second kappa shape index (κ2) is 25.1. The van der Waals surface area contributed by atoms with E-state index in [4.69, 9.17) is 23.7 Å². The molecule has 0 aliphatic heterocycles. The standard InChI is InChI=1S/C34H46O11/c1-5-9-13-17-29(37)42-25-33(21-35,26-43-30(38)18-14-10-6-2)23-41-24-34(22-36,27-44-31(39)19-15-11-7-3)28-45-32(40)20-16-12-8-4/h5-20,35-36H,21-28H2,1-4H3/b9-5+,10-6+,11-7+,12-8+,17-13+,18-14+,19-15+,20-16+. The molecular formula is C34H46O11. The first kappa shape index (κ1) is 40.7. The van der Waals surface area contributed by atoms with Gasteiger partial charge in [0, 0.05) is 24.3 Å². The van der Waals surface area contributed by atoms with E-state index in [2.05, 4.69) is 0 Å². The van der Waals surface area contributed by atoms with Gasteiger partial charge in [-0.1, -0.05) is 72.9 Å². The van der Waals surface area contributed by atoms with Gasteiger partial charge in [0.25, 0.3) is 0 Å². The third-order valence-electron chi connectivity index (χ3n) is 5.71. The molecular weight excluding hydrogens is 584 g/mol. The zero-order valence-corrected chi connectivity index (χ0v) is 26.5. The summed E-state index contributed by atoms with van der Waals surface area (Å²) in [7, 11) is 0. The van der Waals surface area contributed by atoms with Gasteiger partial charge in [0.1, 0.15) is 26.4 Å². The number of hydrogen-bond acceptors (Lipinski definition) is 11. The van der Waals surface area contributed by atoms with Gasteiger partial charge in [-0.05, 0) is 27.7 Å². The summed E-state index contributed by atoms with van der Waals surface area (Å²) >= 11 is 0. The Kier molecular flexibility index (Phi) is 22.6. The molecule has 0 heterocycles. The molecule has 0 aliphatic rings. The second-order valence-corrected chi connectivity index (χ2v) is 9.78. The van der Waals surface area contributed by atoms with E-state index >= 15 is 0 Å². The lowest BCUT2D eigenvalue weighted by Crippen LogP contribution is -2.46. The van der Waals surface area contributed by atoms with Crippen molar-refractivity contribution in [3.8, 4) is 0 Å². The van der Waals surface area contributed by atoms with Crippen molar-refractivity contribution in [2.75, 3.05) is 52.9 Å². The number of rotatable bonds is 22. The molecule has 0 spiro atoms. The molecule has 45 heavy (non-hydrogen) atoms. The molecule has 0 aromatic carbocycles. The van der Waals surface area contributed by atoms with Crippen molar-refractivity contribution >= 4 is 23.9 Å². The summed E-state index contributed by atoms with van der Waals surface area (Å²) in [5, 5.41) is 20.7. The highest BCUT2D eigenvalue weighted by Crippen LogP contribution is 2.24. The van der Waals surface area contributed by atoms with Gasteiger partial charge in [-0.2, -0.15) is 0 Å². The summed E-state index contributed by atoms with van der Waals surface area (Å²) in [5.41, 5.74) is -2.82. The Hall–Kier alpha value is -4.32. The van der Waals surface area contributed by atoms with Crippen LogP contribution in [0.25, 0.3) is 0 Å². The normalized spacial score (nSPS) is 13.1. The highest BCUT2D eigenvalue weighted by molar-refractivity contribution is 5.83. The van der Waals surface area contributed by atoms with E-state index in [-0.39, 0.29) is 13.2 Å². The molecule has 0 amide bonds. The minimum absolute atomic E-state index is 0.326. The Morgan fingerprint density at radius 3 is 0.889 bits per heavy atom. The van der Waals surface area contributed by atoms with E-state index in [1.54, 1.807) is 76.3 Å². The monoisotopic (exact) mass is 630 g/mol. The van der Waals surface area contributed by atoms with Crippen LogP contribution < -0.4 is 0 Å². The molecule has 11 nitrogen and oxygen atoms in total. The van der Waals surface area contributed by atoms with E-state index < -0.39 is 74.3 Å². The highest BCUT2D eigenvalue weighted by Gasteiger charge is 2.38. The number of hydrogen-bond donors (Lipinski definition) is 2. The van der Waals surface area contributed by atoms with Gasteiger partial charge in [0.2, 0.25) is 0 Å². The van der Waals surface area contributed by atoms with Gasteiger partial charge in [-0.15, -0.1) is 0 Å². The molecule has 0 radical (unpaired) electrons. The Labute approximate surface area is 265 Å². The summed E-state index contributed by atoms with van der Waals surface area (Å²) < 4.78 is 27.1. The first-order chi connectivity index (χ1) is 21.6. The van der Waals surface area contributed by atoms with Crippen molar-refractivity contribution in [3.63, 3.8) is 0 Å².